The lowest BCUT2D eigenvalue weighted by molar-refractivity contribution is 0.950. The Morgan fingerprint density at radius 3 is 2.04 bits per heavy atom. The lowest BCUT2D eigenvalue weighted by Crippen LogP contribution is -2.35. The van der Waals surface area contributed by atoms with Gasteiger partial charge < -0.3 is 0 Å². The molecule has 0 spiro atoms. The average Bonchev–Trinajstić information content (AvgIpc) is 2.62. The molecule has 4 rings (SSSR count). The molecule has 2 heteroatoms. The fourth-order valence-corrected chi connectivity index (χ4v) is 3.28. The number of nitrogens with zero attached hydrogens (tertiary/aromatic N) is 2. The Balaban J connectivity index is 1.95. The summed E-state index contributed by atoms with van der Waals surface area (Å²) in [6, 6.07) is 8.61. The zero-order valence-electron chi connectivity index (χ0n) is 14.3. The van der Waals surface area contributed by atoms with Crippen molar-refractivity contribution < 1.29 is 0 Å². The normalized spacial score (nSPS) is 16.4. The van der Waals surface area contributed by atoms with Crippen molar-refractivity contribution in [2.24, 2.45) is 0 Å². The van der Waals surface area contributed by atoms with Gasteiger partial charge in [0, 0.05) is 5.56 Å². The largest absolute Gasteiger partial charge is 0.245 e. The highest BCUT2D eigenvalue weighted by molar-refractivity contribution is 5.78. The van der Waals surface area contributed by atoms with Crippen LogP contribution in [0.1, 0.15) is 43.9 Å². The summed E-state index contributed by atoms with van der Waals surface area (Å²) in [6.45, 7) is 4.30. The third kappa shape index (κ3) is 2.84. The van der Waals surface area contributed by atoms with Gasteiger partial charge in [0.2, 0.25) is 0 Å². The molecular formula is C22H22N2. The summed E-state index contributed by atoms with van der Waals surface area (Å²) in [5, 5.41) is 2.07. The van der Waals surface area contributed by atoms with E-state index in [4.69, 9.17) is 9.97 Å². The second-order valence-electron chi connectivity index (χ2n) is 6.75. The van der Waals surface area contributed by atoms with Gasteiger partial charge in [-0.1, -0.05) is 59.7 Å². The van der Waals surface area contributed by atoms with Crippen LogP contribution in [-0.2, 0) is 0 Å². The number of hydrogen-bond donors (Lipinski definition) is 0. The van der Waals surface area contributed by atoms with Gasteiger partial charge in [-0.15, -0.1) is 0 Å². The van der Waals surface area contributed by atoms with Crippen molar-refractivity contribution in [3.05, 3.63) is 63.9 Å². The van der Waals surface area contributed by atoms with Crippen molar-refractivity contribution in [3.8, 4) is 11.3 Å². The highest BCUT2D eigenvalue weighted by Crippen LogP contribution is 2.30. The van der Waals surface area contributed by atoms with Gasteiger partial charge in [0.25, 0.3) is 0 Å². The van der Waals surface area contributed by atoms with E-state index in [0.717, 1.165) is 53.3 Å². The molecule has 0 N–H and O–H groups in total. The molecule has 0 atom stereocenters. The van der Waals surface area contributed by atoms with Gasteiger partial charge in [-0.25, -0.2) is 9.97 Å². The first-order valence-electron chi connectivity index (χ1n) is 8.73. The molecule has 0 bridgehead atoms. The second kappa shape index (κ2) is 6.20. The Bertz CT molecular complexity index is 960. The van der Waals surface area contributed by atoms with Gasteiger partial charge in [-0.3, -0.25) is 0 Å². The molecule has 2 aliphatic rings. The molecule has 0 saturated heterocycles. The lowest BCUT2D eigenvalue weighted by atomic mass is 9.94. The Labute approximate surface area is 143 Å². The topological polar surface area (TPSA) is 25.8 Å². The Hall–Kier alpha value is -2.48. The first-order valence-corrected chi connectivity index (χ1v) is 8.73. The van der Waals surface area contributed by atoms with E-state index < -0.39 is 0 Å². The fourth-order valence-electron chi connectivity index (χ4n) is 3.28. The zero-order chi connectivity index (χ0) is 16.5. The summed E-state index contributed by atoms with van der Waals surface area (Å²) >= 11 is 0. The lowest BCUT2D eigenvalue weighted by Gasteiger charge is -2.16. The van der Waals surface area contributed by atoms with Crippen molar-refractivity contribution in [1.29, 1.82) is 0 Å². The Kier molecular flexibility index (Phi) is 3.89. The summed E-state index contributed by atoms with van der Waals surface area (Å²) in [4.78, 5) is 10.0. The van der Waals surface area contributed by atoms with Crippen molar-refractivity contribution in [1.82, 2.24) is 9.97 Å². The molecule has 120 valence electrons. The van der Waals surface area contributed by atoms with Crippen molar-refractivity contribution in [2.75, 3.05) is 0 Å². The molecule has 0 saturated carbocycles. The monoisotopic (exact) mass is 314 g/mol. The predicted molar refractivity (Wildman–Crippen MR) is 101 cm³/mol. The summed E-state index contributed by atoms with van der Waals surface area (Å²) in [5.41, 5.74) is 7.21. The van der Waals surface area contributed by atoms with E-state index in [9.17, 15) is 0 Å². The molecule has 0 unspecified atom stereocenters. The molecule has 24 heavy (non-hydrogen) atoms. The third-order valence-corrected chi connectivity index (χ3v) is 4.78. The molecule has 1 aromatic heterocycles. The van der Waals surface area contributed by atoms with Gasteiger partial charge in [0.1, 0.15) is 0 Å². The first kappa shape index (κ1) is 15.1. The molecule has 0 aliphatic heterocycles. The third-order valence-electron chi connectivity index (χ3n) is 4.78. The minimum atomic E-state index is 1.01. The quantitative estimate of drug-likeness (QED) is 0.839. The standard InChI is InChI=1S/C22H22N2/c1-15-7-11-17(12-8-15)21-22(18-13-9-16(2)10-14-18)24-20-6-4-3-5-19(20)23-21/h5-9,11-13H,3-4,10,14H2,1-2H3. The predicted octanol–water partition coefficient (Wildman–Crippen LogP) is 3.93. The van der Waals surface area contributed by atoms with Crippen LogP contribution in [0.4, 0.5) is 0 Å². The van der Waals surface area contributed by atoms with E-state index in [0.29, 0.717) is 0 Å². The van der Waals surface area contributed by atoms with Crippen LogP contribution in [0.3, 0.4) is 0 Å². The van der Waals surface area contributed by atoms with Crippen molar-refractivity contribution >= 4 is 17.7 Å². The Morgan fingerprint density at radius 2 is 1.42 bits per heavy atom. The maximum absolute atomic E-state index is 5.01. The summed E-state index contributed by atoms with van der Waals surface area (Å²) in [7, 11) is 0. The van der Waals surface area contributed by atoms with Crippen LogP contribution in [-0.4, -0.2) is 9.97 Å². The number of benzene rings is 1. The zero-order valence-corrected chi connectivity index (χ0v) is 14.3. The molecular weight excluding hydrogens is 292 g/mol. The highest BCUT2D eigenvalue weighted by atomic mass is 14.8. The van der Waals surface area contributed by atoms with Crippen LogP contribution in [0.5, 0.6) is 0 Å². The summed E-state index contributed by atoms with van der Waals surface area (Å²) < 4.78 is 0. The number of fused-ring (bicyclic) bond motifs is 1. The Morgan fingerprint density at radius 1 is 0.750 bits per heavy atom. The first-order chi connectivity index (χ1) is 11.7. The molecule has 2 aliphatic carbocycles. The number of hydrogen-bond acceptors (Lipinski definition) is 2. The van der Waals surface area contributed by atoms with E-state index in [1.807, 2.05) is 0 Å². The summed E-state index contributed by atoms with van der Waals surface area (Å²) in [6.07, 6.45) is 13.1. The molecule has 0 radical (unpaired) electrons. The molecule has 1 heterocycles. The molecule has 2 nitrogen and oxygen atoms in total. The maximum Gasteiger partial charge on any atom is 0.0969 e. The molecule has 0 fully saturated rings. The second-order valence-corrected chi connectivity index (χ2v) is 6.75. The molecule has 0 amide bonds. The van der Waals surface area contributed by atoms with E-state index >= 15 is 0 Å². The van der Waals surface area contributed by atoms with Crippen LogP contribution in [0.25, 0.3) is 29.0 Å². The smallest absolute Gasteiger partial charge is 0.0969 e. The van der Waals surface area contributed by atoms with Gasteiger partial charge in [0.05, 0.1) is 22.1 Å². The summed E-state index contributed by atoms with van der Waals surface area (Å²) in [5.74, 6) is 0. The maximum atomic E-state index is 5.01. The van der Waals surface area contributed by atoms with Crippen LogP contribution in [0.2, 0.25) is 0 Å². The fraction of sp³-hybridized carbons (Fsp3) is 0.273. The van der Waals surface area contributed by atoms with Crippen molar-refractivity contribution in [3.63, 3.8) is 0 Å². The highest BCUT2D eigenvalue weighted by Gasteiger charge is 2.16. The van der Waals surface area contributed by atoms with Gasteiger partial charge in [0.15, 0.2) is 0 Å². The minimum absolute atomic E-state index is 1.01. The van der Waals surface area contributed by atoms with E-state index in [2.05, 4.69) is 62.4 Å². The van der Waals surface area contributed by atoms with Crippen LogP contribution < -0.4 is 10.7 Å². The van der Waals surface area contributed by atoms with E-state index in [1.54, 1.807) is 0 Å². The number of allylic oxidation sites excluding steroid dienone is 4. The number of aryl methyl sites for hydroxylation is 1. The van der Waals surface area contributed by atoms with Gasteiger partial charge in [-0.05, 0) is 45.1 Å². The molecule has 1 aromatic carbocycles. The van der Waals surface area contributed by atoms with Gasteiger partial charge >= 0.3 is 0 Å². The number of rotatable bonds is 2. The van der Waals surface area contributed by atoms with E-state index in [-0.39, 0.29) is 0 Å². The van der Waals surface area contributed by atoms with Crippen LogP contribution in [0, 0.1) is 6.92 Å². The minimum Gasteiger partial charge on any atom is -0.245 e. The van der Waals surface area contributed by atoms with Crippen molar-refractivity contribution in [2.45, 2.75) is 39.5 Å². The SMILES string of the molecule is CC1=CC=C(c2nc3c(nc2-c2ccc(C)cc2)=CCCC=3)CC1. The van der Waals surface area contributed by atoms with E-state index in [1.165, 1.54) is 16.7 Å². The van der Waals surface area contributed by atoms with Crippen LogP contribution in [0.15, 0.2) is 42.0 Å². The van der Waals surface area contributed by atoms with Crippen LogP contribution >= 0.6 is 0 Å². The van der Waals surface area contributed by atoms with Gasteiger partial charge in [-0.2, -0.15) is 0 Å². The molecule has 2 aromatic rings. The number of aromatic nitrogens is 2. The average molecular weight is 314 g/mol.